The number of rotatable bonds is 4. The summed E-state index contributed by atoms with van der Waals surface area (Å²) in [5.41, 5.74) is 1.50. The summed E-state index contributed by atoms with van der Waals surface area (Å²) in [4.78, 5) is 32.4. The molecule has 3 aromatic rings. The minimum atomic E-state index is -0.447. The van der Waals surface area contributed by atoms with E-state index in [2.05, 4.69) is 14.9 Å². The summed E-state index contributed by atoms with van der Waals surface area (Å²) in [6, 6.07) is 9.49. The lowest BCUT2D eigenvalue weighted by atomic mass is 10.1. The van der Waals surface area contributed by atoms with E-state index in [1.165, 1.54) is 12.1 Å². The normalized spacial score (nSPS) is 14.6. The Kier molecular flexibility index (Phi) is 5.25. The summed E-state index contributed by atoms with van der Waals surface area (Å²) in [5, 5.41) is 12.3. The van der Waals surface area contributed by atoms with E-state index in [0.717, 1.165) is 31.6 Å². The van der Waals surface area contributed by atoms with Crippen LogP contribution in [0.2, 0.25) is 5.02 Å². The topological polar surface area (TPSA) is 92.1 Å². The summed E-state index contributed by atoms with van der Waals surface area (Å²) < 4.78 is 0. The number of hydrogen-bond donors (Lipinski definition) is 1. The van der Waals surface area contributed by atoms with Crippen molar-refractivity contribution >= 4 is 56.6 Å². The summed E-state index contributed by atoms with van der Waals surface area (Å²) in [7, 11) is 0. The van der Waals surface area contributed by atoms with Gasteiger partial charge in [0.25, 0.3) is 11.2 Å². The van der Waals surface area contributed by atoms with Crippen LogP contribution in [0.25, 0.3) is 22.0 Å². The molecule has 1 saturated heterocycles. The highest BCUT2D eigenvalue weighted by molar-refractivity contribution is 6.50. The Morgan fingerprint density at radius 3 is 2.69 bits per heavy atom. The number of nitro benzene ring substituents is 1. The third-order valence-corrected chi connectivity index (χ3v) is 5.37. The fraction of sp³-hybridized carbons (Fsp3) is 0.200. The Balaban J connectivity index is 1.82. The molecule has 2 heterocycles. The Labute approximate surface area is 175 Å². The zero-order valence-electron chi connectivity index (χ0n) is 15.2. The molecule has 0 amide bonds. The first-order valence-corrected chi connectivity index (χ1v) is 9.78. The number of nitro groups is 1. The number of nitrogens with zero attached hydrogens (tertiary/aromatic N) is 3. The van der Waals surface area contributed by atoms with Gasteiger partial charge in [0.2, 0.25) is 0 Å². The summed E-state index contributed by atoms with van der Waals surface area (Å²) in [6.45, 7) is 1.75. The fourth-order valence-corrected chi connectivity index (χ4v) is 3.82. The number of H-pyrrole nitrogens is 1. The van der Waals surface area contributed by atoms with Crippen LogP contribution in [0.4, 0.5) is 11.4 Å². The van der Waals surface area contributed by atoms with Gasteiger partial charge in [-0.15, -0.1) is 0 Å². The van der Waals surface area contributed by atoms with Crippen LogP contribution in [0.15, 0.2) is 41.2 Å². The number of aromatic nitrogens is 2. The summed E-state index contributed by atoms with van der Waals surface area (Å²) in [6.07, 6.45) is 3.72. The van der Waals surface area contributed by atoms with E-state index in [-0.39, 0.29) is 22.1 Å². The van der Waals surface area contributed by atoms with E-state index in [1.54, 1.807) is 30.3 Å². The van der Waals surface area contributed by atoms with Crippen molar-refractivity contribution in [2.75, 3.05) is 18.0 Å². The summed E-state index contributed by atoms with van der Waals surface area (Å²) in [5.74, 6) is 0.172. The lowest BCUT2D eigenvalue weighted by molar-refractivity contribution is -0.384. The smallest absolute Gasteiger partial charge is 0.270 e. The van der Waals surface area contributed by atoms with Crippen molar-refractivity contribution in [3.05, 3.63) is 73.3 Å². The van der Waals surface area contributed by atoms with Gasteiger partial charge in [0.05, 0.1) is 20.9 Å². The van der Waals surface area contributed by atoms with Gasteiger partial charge in [-0.1, -0.05) is 23.2 Å². The minimum Gasteiger partial charge on any atom is -0.371 e. The Morgan fingerprint density at radius 2 is 1.97 bits per heavy atom. The van der Waals surface area contributed by atoms with E-state index < -0.39 is 4.92 Å². The van der Waals surface area contributed by atoms with Crippen LogP contribution in [0.3, 0.4) is 0 Å². The quantitative estimate of drug-likeness (QED) is 0.472. The molecule has 0 aliphatic carbocycles. The van der Waals surface area contributed by atoms with Gasteiger partial charge in [0.15, 0.2) is 5.82 Å². The maximum Gasteiger partial charge on any atom is 0.270 e. The monoisotopic (exact) mass is 430 g/mol. The number of aromatic amines is 1. The molecule has 0 atom stereocenters. The van der Waals surface area contributed by atoms with Crippen LogP contribution < -0.4 is 10.5 Å². The van der Waals surface area contributed by atoms with Gasteiger partial charge in [0, 0.05) is 41.5 Å². The lowest BCUT2D eigenvalue weighted by Crippen LogP contribution is -2.18. The number of anilines is 1. The molecular formula is C20H16Cl2N4O3. The van der Waals surface area contributed by atoms with Gasteiger partial charge in [-0.25, -0.2) is 4.98 Å². The molecule has 29 heavy (non-hydrogen) atoms. The van der Waals surface area contributed by atoms with Crippen molar-refractivity contribution in [2.24, 2.45) is 0 Å². The third kappa shape index (κ3) is 3.97. The van der Waals surface area contributed by atoms with Crippen molar-refractivity contribution in [2.45, 2.75) is 12.8 Å². The molecule has 1 aliphatic rings. The highest BCUT2D eigenvalue weighted by Crippen LogP contribution is 2.32. The van der Waals surface area contributed by atoms with E-state index in [4.69, 9.17) is 23.2 Å². The fourth-order valence-electron chi connectivity index (χ4n) is 3.45. The largest absolute Gasteiger partial charge is 0.371 e. The van der Waals surface area contributed by atoms with Crippen molar-refractivity contribution < 1.29 is 4.92 Å². The standard InChI is InChI=1S/C20H16Cl2N4O3/c21-13-3-5-15-17(11-13)23-19(24-20(15)27)16(22)10-12-9-14(26(28)29)4-6-18(12)25-7-1-2-8-25/h3-6,9-11H,1-2,7-8H2,(H,23,24,27)/b16-10-. The Hall–Kier alpha value is -2.90. The average Bonchev–Trinajstić information content (AvgIpc) is 3.22. The molecule has 2 aromatic carbocycles. The SMILES string of the molecule is O=c1[nH]c(/C(Cl)=C/c2cc([N+](=O)[O-])ccc2N2CCCC2)nc2cc(Cl)ccc12. The molecular weight excluding hydrogens is 415 g/mol. The number of benzene rings is 2. The number of nitrogens with one attached hydrogen (secondary N) is 1. The van der Waals surface area contributed by atoms with E-state index in [9.17, 15) is 14.9 Å². The molecule has 148 valence electrons. The van der Waals surface area contributed by atoms with Crippen molar-refractivity contribution in [3.8, 4) is 0 Å². The molecule has 1 fully saturated rings. The van der Waals surface area contributed by atoms with Gasteiger partial charge in [-0.2, -0.15) is 0 Å². The van der Waals surface area contributed by atoms with Gasteiger partial charge < -0.3 is 9.88 Å². The lowest BCUT2D eigenvalue weighted by Gasteiger charge is -2.20. The molecule has 0 unspecified atom stereocenters. The third-order valence-electron chi connectivity index (χ3n) is 4.85. The molecule has 9 heteroatoms. The number of fused-ring (bicyclic) bond motifs is 1. The molecule has 1 aliphatic heterocycles. The van der Waals surface area contributed by atoms with E-state index in [0.29, 0.717) is 21.5 Å². The number of halogens is 2. The number of hydrogen-bond acceptors (Lipinski definition) is 5. The zero-order chi connectivity index (χ0) is 20.5. The molecule has 0 radical (unpaired) electrons. The van der Waals surface area contributed by atoms with Crippen molar-refractivity contribution in [1.29, 1.82) is 0 Å². The average molecular weight is 431 g/mol. The van der Waals surface area contributed by atoms with Crippen LogP contribution in [0.1, 0.15) is 24.2 Å². The van der Waals surface area contributed by atoms with Crippen LogP contribution in [-0.2, 0) is 0 Å². The molecule has 0 bridgehead atoms. The van der Waals surface area contributed by atoms with E-state index >= 15 is 0 Å². The first-order valence-electron chi connectivity index (χ1n) is 9.03. The van der Waals surface area contributed by atoms with Crippen LogP contribution >= 0.6 is 23.2 Å². The maximum atomic E-state index is 12.4. The highest BCUT2D eigenvalue weighted by Gasteiger charge is 2.18. The zero-order valence-corrected chi connectivity index (χ0v) is 16.7. The van der Waals surface area contributed by atoms with Gasteiger partial charge in [-0.3, -0.25) is 14.9 Å². The first-order chi connectivity index (χ1) is 13.9. The second-order valence-electron chi connectivity index (χ2n) is 6.76. The van der Waals surface area contributed by atoms with Gasteiger partial charge >= 0.3 is 0 Å². The summed E-state index contributed by atoms with van der Waals surface area (Å²) >= 11 is 12.5. The van der Waals surface area contributed by atoms with Gasteiger partial charge in [0.1, 0.15) is 0 Å². The van der Waals surface area contributed by atoms with Crippen LogP contribution in [0.5, 0.6) is 0 Å². The molecule has 0 spiro atoms. The second-order valence-corrected chi connectivity index (χ2v) is 7.61. The molecule has 7 nitrogen and oxygen atoms in total. The second kappa shape index (κ2) is 7.85. The van der Waals surface area contributed by atoms with Crippen molar-refractivity contribution in [1.82, 2.24) is 9.97 Å². The van der Waals surface area contributed by atoms with E-state index in [1.807, 2.05) is 0 Å². The predicted octanol–water partition coefficient (Wildman–Crippen LogP) is 4.82. The first kappa shape index (κ1) is 19.4. The Morgan fingerprint density at radius 1 is 1.21 bits per heavy atom. The van der Waals surface area contributed by atoms with Crippen molar-refractivity contribution in [3.63, 3.8) is 0 Å². The molecule has 4 rings (SSSR count). The Bertz CT molecular complexity index is 1200. The van der Waals surface area contributed by atoms with Crippen LogP contribution in [-0.4, -0.2) is 28.0 Å². The minimum absolute atomic E-state index is 0.0320. The molecule has 1 aromatic heterocycles. The predicted molar refractivity (Wildman–Crippen MR) is 116 cm³/mol. The van der Waals surface area contributed by atoms with Crippen LogP contribution in [0, 0.1) is 10.1 Å². The molecule has 0 saturated carbocycles. The highest BCUT2D eigenvalue weighted by atomic mass is 35.5. The molecule has 1 N–H and O–H groups in total. The van der Waals surface area contributed by atoms with Gasteiger partial charge in [-0.05, 0) is 43.2 Å². The maximum absolute atomic E-state index is 12.4. The number of non-ortho nitro benzene ring substituents is 1.